The van der Waals surface area contributed by atoms with Gasteiger partial charge in [-0.05, 0) is 5.92 Å². The second kappa shape index (κ2) is 3.11. The highest BCUT2D eigenvalue weighted by molar-refractivity contribution is 5.48. The van der Waals surface area contributed by atoms with E-state index in [1.54, 1.807) is 12.4 Å². The van der Waals surface area contributed by atoms with Gasteiger partial charge in [-0.15, -0.1) is 0 Å². The Morgan fingerprint density at radius 1 is 1.43 bits per heavy atom. The van der Waals surface area contributed by atoms with E-state index in [1.807, 2.05) is 10.6 Å². The molecule has 4 heteroatoms. The van der Waals surface area contributed by atoms with Crippen molar-refractivity contribution < 1.29 is 0 Å². The maximum atomic E-state index is 6.84. The lowest BCUT2D eigenvalue weighted by atomic mass is 10.1. The van der Waals surface area contributed by atoms with E-state index in [-0.39, 0.29) is 0 Å². The second-order valence-corrected chi connectivity index (χ2v) is 3.44. The number of aromatic nitrogens is 3. The predicted octanol–water partition coefficient (Wildman–Crippen LogP) is 2.40. The smallest absolute Gasteiger partial charge is 0.288 e. The summed E-state index contributed by atoms with van der Waals surface area (Å²) >= 11 is 0. The van der Waals surface area contributed by atoms with E-state index < -0.39 is 0 Å². The molecule has 0 bridgehead atoms. The molecule has 4 nitrogen and oxygen atoms in total. The number of rotatable bonds is 1. The summed E-state index contributed by atoms with van der Waals surface area (Å²) in [5.41, 5.74) is 1.73. The van der Waals surface area contributed by atoms with Gasteiger partial charge in [-0.3, -0.25) is 9.38 Å². The maximum absolute atomic E-state index is 6.84. The van der Waals surface area contributed by atoms with Gasteiger partial charge in [-0.25, -0.2) is 0 Å². The normalized spacial score (nSPS) is 10.7. The van der Waals surface area contributed by atoms with Crippen LogP contribution in [0.15, 0.2) is 18.6 Å². The highest BCUT2D eigenvalue weighted by Crippen LogP contribution is 2.15. The van der Waals surface area contributed by atoms with Crippen LogP contribution < -0.4 is 0 Å². The van der Waals surface area contributed by atoms with E-state index >= 15 is 0 Å². The summed E-state index contributed by atoms with van der Waals surface area (Å²) in [5, 5.41) is 0. The van der Waals surface area contributed by atoms with Crippen LogP contribution in [-0.4, -0.2) is 14.4 Å². The van der Waals surface area contributed by atoms with Crippen molar-refractivity contribution in [1.82, 2.24) is 14.4 Å². The van der Waals surface area contributed by atoms with Gasteiger partial charge < -0.3 is 4.85 Å². The molecular formula is C10H10N4. The monoisotopic (exact) mass is 186 g/mol. The molecule has 0 amide bonds. The summed E-state index contributed by atoms with van der Waals surface area (Å²) in [4.78, 5) is 11.6. The van der Waals surface area contributed by atoms with Crippen LogP contribution >= 0.6 is 0 Å². The Bertz CT molecular complexity index is 504. The predicted molar refractivity (Wildman–Crippen MR) is 53.3 cm³/mol. The lowest BCUT2D eigenvalue weighted by molar-refractivity contribution is 0.808. The van der Waals surface area contributed by atoms with E-state index in [1.165, 1.54) is 0 Å². The quantitative estimate of drug-likeness (QED) is 0.641. The van der Waals surface area contributed by atoms with Crippen molar-refractivity contribution in [3.8, 4) is 0 Å². The first kappa shape index (κ1) is 8.70. The molecule has 0 aliphatic rings. The minimum Gasteiger partial charge on any atom is -0.359 e. The second-order valence-electron chi connectivity index (χ2n) is 3.44. The fraction of sp³-hybridized carbons (Fsp3) is 0.300. The third-order valence-electron chi connectivity index (χ3n) is 2.05. The molecule has 70 valence electrons. The lowest BCUT2D eigenvalue weighted by Gasteiger charge is -2.02. The van der Waals surface area contributed by atoms with Gasteiger partial charge in [-0.1, -0.05) is 25.4 Å². The lowest BCUT2D eigenvalue weighted by Crippen LogP contribution is -1.95. The Hall–Kier alpha value is -1.89. The Labute approximate surface area is 82.1 Å². The van der Waals surface area contributed by atoms with Crippen LogP contribution in [0.25, 0.3) is 10.5 Å². The van der Waals surface area contributed by atoms with E-state index in [4.69, 9.17) is 6.57 Å². The molecule has 0 saturated heterocycles. The van der Waals surface area contributed by atoms with Gasteiger partial charge in [0.2, 0.25) is 5.65 Å². The Morgan fingerprint density at radius 3 is 2.86 bits per heavy atom. The van der Waals surface area contributed by atoms with Gasteiger partial charge in [-0.2, -0.15) is 0 Å². The fourth-order valence-corrected chi connectivity index (χ4v) is 1.25. The molecule has 0 N–H and O–H groups in total. The first-order valence-electron chi connectivity index (χ1n) is 4.43. The first-order valence-corrected chi connectivity index (χ1v) is 4.43. The van der Waals surface area contributed by atoms with Crippen molar-refractivity contribution in [3.63, 3.8) is 0 Å². The number of imidazole rings is 1. The van der Waals surface area contributed by atoms with E-state index in [0.717, 1.165) is 11.3 Å². The molecule has 0 atom stereocenters. The topological polar surface area (TPSA) is 34.5 Å². The van der Waals surface area contributed by atoms with E-state index in [9.17, 15) is 0 Å². The third kappa shape index (κ3) is 1.33. The fourth-order valence-electron chi connectivity index (χ4n) is 1.25. The molecule has 0 aliphatic heterocycles. The molecule has 2 aromatic rings. The zero-order chi connectivity index (χ0) is 10.1. The summed E-state index contributed by atoms with van der Waals surface area (Å²) in [7, 11) is 0. The first-order chi connectivity index (χ1) is 6.70. The van der Waals surface area contributed by atoms with Gasteiger partial charge in [0.25, 0.3) is 5.82 Å². The van der Waals surface area contributed by atoms with Crippen LogP contribution in [0.4, 0.5) is 5.82 Å². The van der Waals surface area contributed by atoms with Gasteiger partial charge >= 0.3 is 0 Å². The SMILES string of the molecule is [C-]#[N+]c1cn2cc(C(C)C)ncc2n1. The van der Waals surface area contributed by atoms with E-state index in [2.05, 4.69) is 28.7 Å². The summed E-state index contributed by atoms with van der Waals surface area (Å²) < 4.78 is 1.84. The highest BCUT2D eigenvalue weighted by atomic mass is 15.1. The third-order valence-corrected chi connectivity index (χ3v) is 2.05. The highest BCUT2D eigenvalue weighted by Gasteiger charge is 2.06. The molecule has 0 spiro atoms. The van der Waals surface area contributed by atoms with E-state index in [0.29, 0.717) is 11.7 Å². The zero-order valence-electron chi connectivity index (χ0n) is 8.10. The molecule has 2 rings (SSSR count). The summed E-state index contributed by atoms with van der Waals surface area (Å²) in [6, 6.07) is 0. The van der Waals surface area contributed by atoms with Crippen LogP contribution in [-0.2, 0) is 0 Å². The van der Waals surface area contributed by atoms with Gasteiger partial charge in [0.1, 0.15) is 0 Å². The number of hydrogen-bond donors (Lipinski definition) is 0. The molecule has 0 unspecified atom stereocenters. The molecule has 0 fully saturated rings. The van der Waals surface area contributed by atoms with Gasteiger partial charge in [0.15, 0.2) is 0 Å². The van der Waals surface area contributed by atoms with Gasteiger partial charge in [0.05, 0.1) is 11.9 Å². The molecule has 0 radical (unpaired) electrons. The molecule has 0 aliphatic carbocycles. The van der Waals surface area contributed by atoms with Crippen LogP contribution in [0.3, 0.4) is 0 Å². The minimum absolute atomic E-state index is 0.387. The van der Waals surface area contributed by atoms with Crippen LogP contribution in [0.1, 0.15) is 25.5 Å². The molecule has 14 heavy (non-hydrogen) atoms. The molecule has 0 saturated carbocycles. The largest absolute Gasteiger partial charge is 0.359 e. The number of hydrogen-bond acceptors (Lipinski definition) is 2. The van der Waals surface area contributed by atoms with Crippen molar-refractivity contribution in [2.75, 3.05) is 0 Å². The number of nitrogens with zero attached hydrogens (tertiary/aromatic N) is 4. The molecular weight excluding hydrogens is 176 g/mol. The summed E-state index contributed by atoms with van der Waals surface area (Å²) in [6.45, 7) is 11.0. The van der Waals surface area contributed by atoms with Gasteiger partial charge in [0, 0.05) is 12.4 Å². The average molecular weight is 186 g/mol. The van der Waals surface area contributed by atoms with Crippen molar-refractivity contribution in [2.24, 2.45) is 0 Å². The summed E-state index contributed by atoms with van der Waals surface area (Å²) in [5.74, 6) is 0.797. The summed E-state index contributed by atoms with van der Waals surface area (Å²) in [6.07, 6.45) is 5.33. The van der Waals surface area contributed by atoms with Crippen molar-refractivity contribution >= 4 is 11.5 Å². The average Bonchev–Trinajstić information content (AvgIpc) is 2.58. The molecule has 2 aromatic heterocycles. The minimum atomic E-state index is 0.387. The van der Waals surface area contributed by atoms with Crippen LogP contribution in [0.5, 0.6) is 0 Å². The Morgan fingerprint density at radius 2 is 2.21 bits per heavy atom. The maximum Gasteiger partial charge on any atom is 0.288 e. The molecule has 2 heterocycles. The van der Waals surface area contributed by atoms with Crippen molar-refractivity contribution in [2.45, 2.75) is 19.8 Å². The zero-order valence-corrected chi connectivity index (χ0v) is 8.10. The molecule has 0 aromatic carbocycles. The standard InChI is InChI=1S/C10H10N4/c1-7(2)8-5-14-6-9(11-3)13-10(14)4-12-8/h4-7H,1-2H3. The van der Waals surface area contributed by atoms with Crippen LogP contribution in [0, 0.1) is 6.57 Å². The van der Waals surface area contributed by atoms with Crippen LogP contribution in [0.2, 0.25) is 0 Å². The Kier molecular flexibility index (Phi) is 1.93. The number of fused-ring (bicyclic) bond motifs is 1. The van der Waals surface area contributed by atoms with Crippen molar-refractivity contribution in [1.29, 1.82) is 0 Å². The Balaban J connectivity index is 2.61. The van der Waals surface area contributed by atoms with Crippen molar-refractivity contribution in [3.05, 3.63) is 35.7 Å².